The van der Waals surface area contributed by atoms with Gasteiger partial charge in [-0.2, -0.15) is 0 Å². The van der Waals surface area contributed by atoms with E-state index in [9.17, 15) is 4.79 Å². The maximum absolute atomic E-state index is 12.0. The average Bonchev–Trinajstić information content (AvgIpc) is 3.37. The predicted molar refractivity (Wildman–Crippen MR) is 113 cm³/mol. The van der Waals surface area contributed by atoms with Crippen LogP contribution in [-0.4, -0.2) is 42.4 Å². The van der Waals surface area contributed by atoms with Gasteiger partial charge >= 0.3 is 0 Å². The number of benzene rings is 1. The van der Waals surface area contributed by atoms with E-state index in [-0.39, 0.29) is 11.9 Å². The molecular formula is C21H20N8O. The molecular weight excluding hydrogens is 380 g/mol. The predicted octanol–water partition coefficient (Wildman–Crippen LogP) is 2.35. The zero-order valence-electron chi connectivity index (χ0n) is 16.5. The lowest BCUT2D eigenvalue weighted by molar-refractivity contribution is -0.117. The van der Waals surface area contributed by atoms with E-state index in [0.29, 0.717) is 36.7 Å². The smallest absolute Gasteiger partial charge is 0.228 e. The van der Waals surface area contributed by atoms with Crippen LogP contribution >= 0.6 is 0 Å². The summed E-state index contributed by atoms with van der Waals surface area (Å²) in [4.78, 5) is 27.1. The quantitative estimate of drug-likeness (QED) is 0.559. The van der Waals surface area contributed by atoms with Crippen LogP contribution in [0, 0.1) is 6.92 Å². The molecule has 1 amide bonds. The number of fused-ring (bicyclic) bond motifs is 1. The third-order valence-electron chi connectivity index (χ3n) is 5.19. The van der Waals surface area contributed by atoms with Crippen LogP contribution in [-0.2, 0) is 11.3 Å². The Bertz CT molecular complexity index is 1270. The lowest BCUT2D eigenvalue weighted by Gasteiger charge is -2.15. The van der Waals surface area contributed by atoms with Crippen LogP contribution in [0.3, 0.4) is 0 Å². The molecule has 150 valence electrons. The fraction of sp³-hybridized carbons (Fsp3) is 0.238. The zero-order valence-corrected chi connectivity index (χ0v) is 16.5. The zero-order chi connectivity index (χ0) is 20.7. The lowest BCUT2D eigenvalue weighted by Crippen LogP contribution is -2.25. The Morgan fingerprint density at radius 2 is 1.97 bits per heavy atom. The summed E-state index contributed by atoms with van der Waals surface area (Å²) in [5.41, 5.74) is 9.82. The van der Waals surface area contributed by atoms with Crippen molar-refractivity contribution in [2.45, 2.75) is 26.3 Å². The van der Waals surface area contributed by atoms with Gasteiger partial charge in [-0.15, -0.1) is 5.10 Å². The molecule has 1 aliphatic heterocycles. The van der Waals surface area contributed by atoms with Crippen molar-refractivity contribution in [1.82, 2.24) is 29.9 Å². The molecule has 0 atom stereocenters. The van der Waals surface area contributed by atoms with Gasteiger partial charge in [0.15, 0.2) is 0 Å². The summed E-state index contributed by atoms with van der Waals surface area (Å²) in [6, 6.07) is 11.6. The van der Waals surface area contributed by atoms with Gasteiger partial charge in [0.05, 0.1) is 24.0 Å². The van der Waals surface area contributed by atoms with E-state index in [0.717, 1.165) is 28.6 Å². The van der Waals surface area contributed by atoms with Crippen molar-refractivity contribution < 1.29 is 4.79 Å². The lowest BCUT2D eigenvalue weighted by atomic mass is 10.1. The minimum atomic E-state index is 0.117. The Morgan fingerprint density at radius 3 is 2.80 bits per heavy atom. The van der Waals surface area contributed by atoms with Gasteiger partial charge in [-0.1, -0.05) is 29.5 Å². The molecule has 0 spiro atoms. The highest BCUT2D eigenvalue weighted by molar-refractivity contribution is 5.94. The number of nitrogens with zero attached hydrogens (tertiary/aromatic N) is 7. The highest BCUT2D eigenvalue weighted by Gasteiger charge is 2.22. The fourth-order valence-electron chi connectivity index (χ4n) is 3.75. The molecule has 9 heteroatoms. The highest BCUT2D eigenvalue weighted by Crippen LogP contribution is 2.27. The number of hydrogen-bond acceptors (Lipinski definition) is 7. The van der Waals surface area contributed by atoms with E-state index in [1.807, 2.05) is 49.5 Å². The SMILES string of the molecule is Cc1cccc2c(-c3cn(Cc4cccc(N5CCCC5=O)n4)nn3)nc(N)nc12. The second-order valence-corrected chi connectivity index (χ2v) is 7.34. The molecule has 3 aromatic heterocycles. The standard InChI is InChI=1S/C21H20N8O/c1-13-5-2-7-15-19(13)24-21(22)25-20(15)16-12-28(27-26-16)11-14-6-3-8-17(23-14)29-10-4-9-18(29)30/h2-3,5-8,12H,4,9-11H2,1H3,(H2,22,24,25). The second kappa shape index (κ2) is 7.18. The number of para-hydroxylation sites is 1. The maximum atomic E-state index is 12.0. The normalized spacial score (nSPS) is 14.0. The number of carbonyl (C=O) groups excluding carboxylic acids is 1. The summed E-state index contributed by atoms with van der Waals surface area (Å²) in [5, 5.41) is 9.40. The minimum absolute atomic E-state index is 0.117. The van der Waals surface area contributed by atoms with E-state index in [1.165, 1.54) is 0 Å². The van der Waals surface area contributed by atoms with Gasteiger partial charge in [0.1, 0.15) is 17.2 Å². The first-order valence-electron chi connectivity index (χ1n) is 9.78. The van der Waals surface area contributed by atoms with Gasteiger partial charge in [-0.05, 0) is 31.0 Å². The summed E-state index contributed by atoms with van der Waals surface area (Å²) in [6.07, 6.45) is 3.26. The van der Waals surface area contributed by atoms with E-state index < -0.39 is 0 Å². The molecule has 1 aliphatic rings. The first kappa shape index (κ1) is 18.2. The van der Waals surface area contributed by atoms with E-state index in [4.69, 9.17) is 5.73 Å². The fourth-order valence-corrected chi connectivity index (χ4v) is 3.75. The first-order valence-corrected chi connectivity index (χ1v) is 9.78. The summed E-state index contributed by atoms with van der Waals surface area (Å²) in [5.74, 6) is 0.998. The number of hydrogen-bond donors (Lipinski definition) is 1. The molecule has 0 radical (unpaired) electrons. The van der Waals surface area contributed by atoms with Crippen molar-refractivity contribution in [2.24, 2.45) is 0 Å². The molecule has 2 N–H and O–H groups in total. The molecule has 4 heterocycles. The van der Waals surface area contributed by atoms with Gasteiger partial charge in [-0.25, -0.2) is 19.6 Å². The van der Waals surface area contributed by atoms with Gasteiger partial charge in [0.2, 0.25) is 11.9 Å². The Hall–Kier alpha value is -3.88. The monoisotopic (exact) mass is 400 g/mol. The second-order valence-electron chi connectivity index (χ2n) is 7.34. The largest absolute Gasteiger partial charge is 0.368 e. The molecule has 5 rings (SSSR count). The van der Waals surface area contributed by atoms with Crippen LogP contribution in [0.15, 0.2) is 42.6 Å². The highest BCUT2D eigenvalue weighted by atomic mass is 16.2. The van der Waals surface area contributed by atoms with Crippen molar-refractivity contribution >= 4 is 28.6 Å². The van der Waals surface area contributed by atoms with Crippen LogP contribution in [0.1, 0.15) is 24.1 Å². The van der Waals surface area contributed by atoms with Crippen molar-refractivity contribution in [2.75, 3.05) is 17.2 Å². The number of nitrogen functional groups attached to an aromatic ring is 1. The number of nitrogens with two attached hydrogens (primary N) is 1. The molecule has 0 unspecified atom stereocenters. The topological polar surface area (TPSA) is 116 Å². The maximum Gasteiger partial charge on any atom is 0.228 e. The molecule has 9 nitrogen and oxygen atoms in total. The van der Waals surface area contributed by atoms with Crippen LogP contribution in [0.25, 0.3) is 22.3 Å². The number of carbonyl (C=O) groups is 1. The van der Waals surface area contributed by atoms with Gasteiger partial charge in [0.25, 0.3) is 0 Å². The first-order chi connectivity index (χ1) is 14.6. The van der Waals surface area contributed by atoms with Crippen molar-refractivity contribution in [3.05, 3.63) is 53.9 Å². The van der Waals surface area contributed by atoms with Crippen LogP contribution < -0.4 is 10.6 Å². The third kappa shape index (κ3) is 3.24. The Kier molecular flexibility index (Phi) is 4.35. The summed E-state index contributed by atoms with van der Waals surface area (Å²) in [7, 11) is 0. The van der Waals surface area contributed by atoms with Crippen molar-refractivity contribution in [1.29, 1.82) is 0 Å². The average molecular weight is 400 g/mol. The third-order valence-corrected chi connectivity index (χ3v) is 5.19. The Labute approximate surface area is 172 Å². The molecule has 4 aromatic rings. The molecule has 0 saturated carbocycles. The molecule has 0 bridgehead atoms. The molecule has 1 fully saturated rings. The summed E-state index contributed by atoms with van der Waals surface area (Å²) in [6.45, 7) is 3.13. The number of aryl methyl sites for hydroxylation is 1. The Morgan fingerprint density at radius 1 is 1.10 bits per heavy atom. The van der Waals surface area contributed by atoms with Gasteiger partial charge in [-0.3, -0.25) is 9.69 Å². The summed E-state index contributed by atoms with van der Waals surface area (Å²) >= 11 is 0. The number of rotatable bonds is 4. The van der Waals surface area contributed by atoms with Crippen molar-refractivity contribution in [3.63, 3.8) is 0 Å². The number of pyridine rings is 1. The van der Waals surface area contributed by atoms with E-state index >= 15 is 0 Å². The van der Waals surface area contributed by atoms with Gasteiger partial charge in [0, 0.05) is 18.4 Å². The molecule has 1 aromatic carbocycles. The van der Waals surface area contributed by atoms with E-state index in [2.05, 4.69) is 25.3 Å². The van der Waals surface area contributed by atoms with Gasteiger partial charge < -0.3 is 5.73 Å². The molecule has 1 saturated heterocycles. The molecule has 0 aliphatic carbocycles. The van der Waals surface area contributed by atoms with Crippen LogP contribution in [0.5, 0.6) is 0 Å². The Balaban J connectivity index is 1.46. The van der Waals surface area contributed by atoms with Crippen LogP contribution in [0.4, 0.5) is 11.8 Å². The van der Waals surface area contributed by atoms with Crippen LogP contribution in [0.2, 0.25) is 0 Å². The minimum Gasteiger partial charge on any atom is -0.368 e. The summed E-state index contributed by atoms with van der Waals surface area (Å²) < 4.78 is 1.70. The number of aromatic nitrogens is 6. The van der Waals surface area contributed by atoms with E-state index in [1.54, 1.807) is 9.58 Å². The van der Waals surface area contributed by atoms with Crippen molar-refractivity contribution in [3.8, 4) is 11.4 Å². The number of amides is 1. The molecule has 30 heavy (non-hydrogen) atoms. The number of anilines is 2.